The maximum absolute atomic E-state index is 13.1. The Morgan fingerprint density at radius 3 is 2.33 bits per heavy atom. The Kier molecular flexibility index (Phi) is 2.56. The lowest BCUT2D eigenvalue weighted by molar-refractivity contribution is 0.626. The molecule has 0 aliphatic carbocycles. The van der Waals surface area contributed by atoms with E-state index in [0.29, 0.717) is 0 Å². The summed E-state index contributed by atoms with van der Waals surface area (Å²) in [6, 6.07) is 15.5. The largest absolute Gasteiger partial charge is 0.207 e. The molecule has 1 atom stereocenters. The zero-order valence-electron chi connectivity index (χ0n) is 10.5. The van der Waals surface area contributed by atoms with Crippen LogP contribution in [0.2, 0.25) is 0 Å². The van der Waals surface area contributed by atoms with Crippen LogP contribution in [0.4, 0.5) is 4.39 Å². The van der Waals surface area contributed by atoms with Crippen LogP contribution in [0.15, 0.2) is 63.2 Å². The van der Waals surface area contributed by atoms with Crippen LogP contribution in [0, 0.1) is 5.82 Å². The number of halogens is 1. The van der Waals surface area contributed by atoms with Crippen molar-refractivity contribution in [3.63, 3.8) is 0 Å². The lowest BCUT2D eigenvalue weighted by Gasteiger charge is -2.35. The highest BCUT2D eigenvalue weighted by molar-refractivity contribution is 8.36. The second-order valence-electron chi connectivity index (χ2n) is 4.67. The summed E-state index contributed by atoms with van der Waals surface area (Å²) in [6.07, 6.45) is 4.55. The van der Waals surface area contributed by atoms with Crippen molar-refractivity contribution in [2.75, 3.05) is 6.26 Å². The van der Waals surface area contributed by atoms with E-state index < -0.39 is 10.0 Å². The smallest absolute Gasteiger partial charge is 0.123 e. The van der Waals surface area contributed by atoms with Gasteiger partial charge in [-0.15, -0.1) is 0 Å². The molecule has 1 unspecified atom stereocenters. The fourth-order valence-corrected chi connectivity index (χ4v) is 5.47. The summed E-state index contributed by atoms with van der Waals surface area (Å²) in [6.45, 7) is 2.18. The van der Waals surface area contributed by atoms with Gasteiger partial charge in [-0.05, 0) is 65.0 Å². The zero-order chi connectivity index (χ0) is 12.8. The Morgan fingerprint density at radius 1 is 0.944 bits per heavy atom. The Hall–Kier alpha value is -1.54. The summed E-state index contributed by atoms with van der Waals surface area (Å²) in [5.74, 6) is -0.172. The molecule has 2 heteroatoms. The van der Waals surface area contributed by atoms with E-state index >= 15 is 0 Å². The van der Waals surface area contributed by atoms with Gasteiger partial charge in [0.1, 0.15) is 5.82 Å². The van der Waals surface area contributed by atoms with E-state index in [2.05, 4.69) is 43.5 Å². The monoisotopic (exact) mass is 258 g/mol. The first-order chi connectivity index (χ1) is 8.62. The van der Waals surface area contributed by atoms with Crippen LogP contribution in [0.25, 0.3) is 6.08 Å². The van der Waals surface area contributed by atoms with Gasteiger partial charge in [0.25, 0.3) is 0 Å². The highest BCUT2D eigenvalue weighted by atomic mass is 32.3. The van der Waals surface area contributed by atoms with Crippen LogP contribution in [-0.4, -0.2) is 6.26 Å². The van der Waals surface area contributed by atoms with Crippen molar-refractivity contribution in [1.29, 1.82) is 0 Å². The zero-order valence-corrected chi connectivity index (χ0v) is 11.3. The molecule has 2 aromatic rings. The van der Waals surface area contributed by atoms with Crippen molar-refractivity contribution >= 4 is 16.1 Å². The average Bonchev–Trinajstić information content (AvgIpc) is 2.64. The number of benzene rings is 2. The summed E-state index contributed by atoms with van der Waals surface area (Å²) in [7, 11) is -1.14. The number of hydrogen-bond acceptors (Lipinski definition) is 0. The number of hydrogen-bond donors (Lipinski definition) is 0. The Bertz CT molecular complexity index is 628. The van der Waals surface area contributed by atoms with E-state index in [1.807, 2.05) is 12.1 Å². The lowest BCUT2D eigenvalue weighted by Crippen LogP contribution is -1.98. The van der Waals surface area contributed by atoms with Gasteiger partial charge in [-0.25, -0.2) is 4.39 Å². The SMILES string of the molecule is CC1=Cc2ccccc2S1(C)c1ccc(F)cc1. The first-order valence-electron chi connectivity index (χ1n) is 5.94. The molecule has 0 saturated heterocycles. The second kappa shape index (κ2) is 3.99. The quantitative estimate of drug-likeness (QED) is 0.671. The predicted octanol–water partition coefficient (Wildman–Crippen LogP) is 5.05. The topological polar surface area (TPSA) is 0 Å². The summed E-state index contributed by atoms with van der Waals surface area (Å²) in [5, 5.41) is 0. The van der Waals surface area contributed by atoms with Crippen molar-refractivity contribution in [2.24, 2.45) is 0 Å². The normalized spacial score (nSPS) is 25.2. The molecule has 0 bridgehead atoms. The van der Waals surface area contributed by atoms with Crippen molar-refractivity contribution in [1.82, 2.24) is 0 Å². The molecule has 0 nitrogen and oxygen atoms in total. The molecule has 92 valence electrons. The second-order valence-corrected chi connectivity index (χ2v) is 8.06. The first-order valence-corrected chi connectivity index (χ1v) is 7.98. The lowest BCUT2D eigenvalue weighted by atomic mass is 10.2. The Balaban J connectivity index is 2.21. The molecular formula is C16H15FS. The van der Waals surface area contributed by atoms with Gasteiger partial charge in [0.05, 0.1) is 0 Å². The van der Waals surface area contributed by atoms with Crippen LogP contribution in [0.1, 0.15) is 12.5 Å². The highest BCUT2D eigenvalue weighted by Crippen LogP contribution is 2.69. The third kappa shape index (κ3) is 1.52. The molecule has 0 saturated carbocycles. The molecule has 0 aromatic heterocycles. The van der Waals surface area contributed by atoms with Crippen LogP contribution in [0.5, 0.6) is 0 Å². The standard InChI is InChI=1S/C16H15FS/c1-12-11-13-5-3-4-6-16(13)18(12,2)15-9-7-14(17)8-10-15/h3-11H,1-2H3. The summed E-state index contributed by atoms with van der Waals surface area (Å²) in [5.41, 5.74) is 1.30. The summed E-state index contributed by atoms with van der Waals surface area (Å²) >= 11 is 0. The molecule has 0 radical (unpaired) electrons. The van der Waals surface area contributed by atoms with Gasteiger partial charge >= 0.3 is 0 Å². The summed E-state index contributed by atoms with van der Waals surface area (Å²) < 4.78 is 13.1. The first kappa shape index (κ1) is 11.5. The molecule has 0 N–H and O–H groups in total. The van der Waals surface area contributed by atoms with Gasteiger partial charge in [-0.1, -0.05) is 18.2 Å². The average molecular weight is 258 g/mol. The van der Waals surface area contributed by atoms with Gasteiger partial charge < -0.3 is 0 Å². The summed E-state index contributed by atoms with van der Waals surface area (Å²) in [4.78, 5) is 3.99. The highest BCUT2D eigenvalue weighted by Gasteiger charge is 2.31. The fourth-order valence-electron chi connectivity index (χ4n) is 2.50. The third-order valence-electron chi connectivity index (χ3n) is 3.65. The number of fused-ring (bicyclic) bond motifs is 1. The molecular weight excluding hydrogens is 243 g/mol. The molecule has 1 aliphatic rings. The van der Waals surface area contributed by atoms with Crippen molar-refractivity contribution in [3.05, 3.63) is 64.8 Å². The minimum atomic E-state index is -1.14. The van der Waals surface area contributed by atoms with Crippen LogP contribution in [0.3, 0.4) is 0 Å². The van der Waals surface area contributed by atoms with Gasteiger partial charge in [-0.3, -0.25) is 0 Å². The fraction of sp³-hybridized carbons (Fsp3) is 0.125. The van der Waals surface area contributed by atoms with E-state index in [-0.39, 0.29) is 5.82 Å². The predicted molar refractivity (Wildman–Crippen MR) is 76.5 cm³/mol. The molecule has 0 spiro atoms. The molecule has 18 heavy (non-hydrogen) atoms. The van der Waals surface area contributed by atoms with Crippen molar-refractivity contribution in [2.45, 2.75) is 16.7 Å². The van der Waals surface area contributed by atoms with E-state index in [9.17, 15) is 4.39 Å². The van der Waals surface area contributed by atoms with E-state index in [4.69, 9.17) is 0 Å². The van der Waals surface area contributed by atoms with Gasteiger partial charge in [0.15, 0.2) is 0 Å². The molecule has 3 rings (SSSR count). The Morgan fingerprint density at radius 2 is 1.61 bits per heavy atom. The van der Waals surface area contributed by atoms with Gasteiger partial charge in [-0.2, -0.15) is 10.0 Å². The van der Waals surface area contributed by atoms with Crippen molar-refractivity contribution < 1.29 is 4.39 Å². The van der Waals surface area contributed by atoms with Gasteiger partial charge in [0.2, 0.25) is 0 Å². The minimum absolute atomic E-state index is 0.172. The Labute approximate surface area is 108 Å². The molecule has 2 aromatic carbocycles. The van der Waals surface area contributed by atoms with Crippen LogP contribution in [-0.2, 0) is 0 Å². The molecule has 0 fully saturated rings. The number of rotatable bonds is 1. The van der Waals surface area contributed by atoms with Crippen molar-refractivity contribution in [3.8, 4) is 0 Å². The van der Waals surface area contributed by atoms with Gasteiger partial charge in [0, 0.05) is 4.90 Å². The molecule has 0 amide bonds. The van der Waals surface area contributed by atoms with E-state index in [1.54, 1.807) is 12.1 Å². The van der Waals surface area contributed by atoms with Crippen LogP contribution < -0.4 is 0 Å². The molecule has 1 aliphatic heterocycles. The van der Waals surface area contributed by atoms with E-state index in [0.717, 1.165) is 0 Å². The molecule has 1 heterocycles. The van der Waals surface area contributed by atoms with Crippen LogP contribution >= 0.6 is 10.0 Å². The maximum atomic E-state index is 13.1. The number of allylic oxidation sites excluding steroid dienone is 1. The maximum Gasteiger partial charge on any atom is 0.123 e. The van der Waals surface area contributed by atoms with E-state index in [1.165, 1.54) is 20.3 Å². The third-order valence-corrected chi connectivity index (χ3v) is 7.52. The minimum Gasteiger partial charge on any atom is -0.207 e.